The van der Waals surface area contributed by atoms with E-state index in [-0.39, 0.29) is 30.3 Å². The number of benzene rings is 1. The lowest BCUT2D eigenvalue weighted by molar-refractivity contribution is 0.0748. The van der Waals surface area contributed by atoms with E-state index in [1.54, 1.807) is 42.3 Å². The topological polar surface area (TPSA) is 75.4 Å². The van der Waals surface area contributed by atoms with Crippen molar-refractivity contribution in [2.24, 2.45) is 5.73 Å². The van der Waals surface area contributed by atoms with E-state index >= 15 is 0 Å². The Morgan fingerprint density at radius 2 is 2.04 bits per heavy atom. The van der Waals surface area contributed by atoms with Gasteiger partial charge < -0.3 is 16.0 Å². The highest BCUT2D eigenvalue weighted by atomic mass is 35.5. The largest absolute Gasteiger partial charge is 0.338 e. The number of carbonyl (C=O) groups excluding carboxylic acids is 2. The molecule has 124 valence electrons. The number of likely N-dealkylation sites (N-methyl/N-ethyl adjacent to an activating group) is 1. The summed E-state index contributed by atoms with van der Waals surface area (Å²) in [5.74, 6) is -0.298. The summed E-state index contributed by atoms with van der Waals surface area (Å²) in [5.41, 5.74) is 6.70. The Hall–Kier alpha value is -1.89. The molecule has 0 aliphatic carbocycles. The minimum atomic E-state index is -0.178. The highest BCUT2D eigenvalue weighted by Gasteiger charge is 2.17. The maximum Gasteiger partial charge on any atom is 0.265 e. The maximum atomic E-state index is 12.4. The smallest absolute Gasteiger partial charge is 0.265 e. The van der Waals surface area contributed by atoms with Crippen LogP contribution < -0.4 is 11.1 Å². The third-order valence-corrected chi connectivity index (χ3v) is 4.30. The van der Waals surface area contributed by atoms with E-state index in [4.69, 9.17) is 5.73 Å². The van der Waals surface area contributed by atoms with Crippen LogP contribution in [0.25, 0.3) is 0 Å². The van der Waals surface area contributed by atoms with Gasteiger partial charge >= 0.3 is 0 Å². The fraction of sp³-hybridized carbons (Fsp3) is 0.250. The number of hydrogen-bond acceptors (Lipinski definition) is 4. The summed E-state index contributed by atoms with van der Waals surface area (Å²) in [5, 5.41) is 4.64. The van der Waals surface area contributed by atoms with E-state index in [1.807, 2.05) is 18.4 Å². The van der Waals surface area contributed by atoms with Gasteiger partial charge in [-0.15, -0.1) is 23.7 Å². The number of hydrogen-bond donors (Lipinski definition) is 2. The molecule has 3 N–H and O–H groups in total. The molecule has 0 aliphatic rings. The van der Waals surface area contributed by atoms with Crippen molar-refractivity contribution >= 4 is 41.2 Å². The van der Waals surface area contributed by atoms with Crippen LogP contribution in [0.5, 0.6) is 0 Å². The average molecular weight is 354 g/mol. The Bertz CT molecular complexity index is 661. The molecule has 1 unspecified atom stereocenters. The summed E-state index contributed by atoms with van der Waals surface area (Å²) in [4.78, 5) is 26.6. The minimum absolute atomic E-state index is 0. The van der Waals surface area contributed by atoms with Crippen LogP contribution in [0.4, 0.5) is 5.69 Å². The van der Waals surface area contributed by atoms with E-state index in [0.717, 1.165) is 0 Å². The molecule has 0 spiro atoms. The van der Waals surface area contributed by atoms with Crippen molar-refractivity contribution in [1.29, 1.82) is 0 Å². The molecule has 7 heteroatoms. The fourth-order valence-corrected chi connectivity index (χ4v) is 2.51. The lowest BCUT2D eigenvalue weighted by Gasteiger charge is -2.23. The zero-order valence-corrected chi connectivity index (χ0v) is 14.6. The molecule has 0 saturated heterocycles. The number of nitrogens with zero attached hydrogens (tertiary/aromatic N) is 1. The van der Waals surface area contributed by atoms with Gasteiger partial charge in [0.05, 0.1) is 4.88 Å². The SMILES string of the molecule is CC(CN)N(C)C(=O)c1cccc(NC(=O)c2cccs2)c1.Cl. The molecule has 1 aromatic heterocycles. The van der Waals surface area contributed by atoms with Crippen molar-refractivity contribution in [2.45, 2.75) is 13.0 Å². The maximum absolute atomic E-state index is 12.4. The Kier molecular flexibility index (Phi) is 7.22. The molecule has 0 aliphatic heterocycles. The van der Waals surface area contributed by atoms with Gasteiger partial charge in [-0.3, -0.25) is 9.59 Å². The summed E-state index contributed by atoms with van der Waals surface area (Å²) >= 11 is 1.37. The van der Waals surface area contributed by atoms with Gasteiger partial charge in [-0.05, 0) is 36.6 Å². The van der Waals surface area contributed by atoms with Crippen molar-refractivity contribution in [2.75, 3.05) is 18.9 Å². The van der Waals surface area contributed by atoms with Crippen LogP contribution in [0, 0.1) is 0 Å². The first-order valence-electron chi connectivity index (χ1n) is 6.95. The molecule has 0 bridgehead atoms. The zero-order valence-electron chi connectivity index (χ0n) is 13.0. The fourth-order valence-electron chi connectivity index (χ4n) is 1.89. The Labute approximate surface area is 145 Å². The van der Waals surface area contributed by atoms with Crippen LogP contribution in [-0.4, -0.2) is 36.3 Å². The van der Waals surface area contributed by atoms with E-state index in [0.29, 0.717) is 22.7 Å². The highest BCUT2D eigenvalue weighted by Crippen LogP contribution is 2.16. The second kappa shape index (κ2) is 8.67. The predicted molar refractivity (Wildman–Crippen MR) is 96.6 cm³/mol. The molecular formula is C16H20ClN3O2S. The summed E-state index contributed by atoms with van der Waals surface area (Å²) in [6, 6.07) is 10.4. The molecule has 1 aromatic carbocycles. The van der Waals surface area contributed by atoms with Crippen LogP contribution in [0.1, 0.15) is 27.0 Å². The van der Waals surface area contributed by atoms with Crippen molar-refractivity contribution in [1.82, 2.24) is 4.90 Å². The molecule has 0 radical (unpaired) electrons. The van der Waals surface area contributed by atoms with Gasteiger partial charge in [-0.25, -0.2) is 0 Å². The molecule has 2 amide bonds. The first-order valence-corrected chi connectivity index (χ1v) is 7.83. The van der Waals surface area contributed by atoms with Gasteiger partial charge in [0.1, 0.15) is 0 Å². The van der Waals surface area contributed by atoms with Crippen LogP contribution >= 0.6 is 23.7 Å². The lowest BCUT2D eigenvalue weighted by Crippen LogP contribution is -2.39. The summed E-state index contributed by atoms with van der Waals surface area (Å²) in [7, 11) is 1.72. The number of nitrogens with two attached hydrogens (primary N) is 1. The monoisotopic (exact) mass is 353 g/mol. The quantitative estimate of drug-likeness (QED) is 0.867. The number of halogens is 1. The third-order valence-electron chi connectivity index (χ3n) is 3.43. The molecule has 1 heterocycles. The second-order valence-corrected chi connectivity index (χ2v) is 5.96. The Balaban J connectivity index is 0.00000264. The first kappa shape index (κ1) is 19.2. The van der Waals surface area contributed by atoms with Gasteiger partial charge in [0.25, 0.3) is 11.8 Å². The standard InChI is InChI=1S/C16H19N3O2S.ClH/c1-11(10-17)19(2)16(21)12-5-3-6-13(9-12)18-15(20)14-7-4-8-22-14;/h3-9,11H,10,17H2,1-2H3,(H,18,20);1H. The number of nitrogens with one attached hydrogen (secondary N) is 1. The summed E-state index contributed by atoms with van der Waals surface area (Å²) in [6.45, 7) is 2.29. The molecule has 5 nitrogen and oxygen atoms in total. The number of anilines is 1. The second-order valence-electron chi connectivity index (χ2n) is 5.01. The predicted octanol–water partition coefficient (Wildman–Crippen LogP) is 2.84. The number of thiophene rings is 1. The van der Waals surface area contributed by atoms with Gasteiger partial charge in [0.2, 0.25) is 0 Å². The molecule has 1 atom stereocenters. The van der Waals surface area contributed by atoms with E-state index < -0.39 is 0 Å². The van der Waals surface area contributed by atoms with Gasteiger partial charge in [0.15, 0.2) is 0 Å². The van der Waals surface area contributed by atoms with E-state index in [1.165, 1.54) is 11.3 Å². The molecule has 0 saturated carbocycles. The molecule has 0 fully saturated rings. The van der Waals surface area contributed by atoms with E-state index in [9.17, 15) is 9.59 Å². The molecule has 2 aromatic rings. The van der Waals surface area contributed by atoms with Crippen LogP contribution in [0.3, 0.4) is 0 Å². The first-order chi connectivity index (χ1) is 10.5. The highest BCUT2D eigenvalue weighted by molar-refractivity contribution is 7.12. The van der Waals surface area contributed by atoms with Crippen LogP contribution in [0.15, 0.2) is 41.8 Å². The number of carbonyl (C=O) groups is 2. The number of rotatable bonds is 5. The van der Waals surface area contributed by atoms with Gasteiger partial charge in [-0.1, -0.05) is 12.1 Å². The summed E-state index contributed by atoms with van der Waals surface area (Å²) < 4.78 is 0. The Morgan fingerprint density at radius 1 is 1.30 bits per heavy atom. The minimum Gasteiger partial charge on any atom is -0.338 e. The van der Waals surface area contributed by atoms with Crippen molar-refractivity contribution in [3.05, 3.63) is 52.2 Å². The van der Waals surface area contributed by atoms with Crippen LogP contribution in [0.2, 0.25) is 0 Å². The van der Waals surface area contributed by atoms with Gasteiger partial charge in [-0.2, -0.15) is 0 Å². The van der Waals surface area contributed by atoms with Crippen molar-refractivity contribution in [3.63, 3.8) is 0 Å². The Morgan fingerprint density at radius 3 is 2.65 bits per heavy atom. The normalized spacial score (nSPS) is 11.3. The lowest BCUT2D eigenvalue weighted by atomic mass is 10.1. The zero-order chi connectivity index (χ0) is 16.1. The molecule has 23 heavy (non-hydrogen) atoms. The van der Waals surface area contributed by atoms with Gasteiger partial charge in [0, 0.05) is 30.9 Å². The third kappa shape index (κ3) is 4.79. The van der Waals surface area contributed by atoms with Crippen molar-refractivity contribution < 1.29 is 9.59 Å². The van der Waals surface area contributed by atoms with Crippen LogP contribution in [-0.2, 0) is 0 Å². The van der Waals surface area contributed by atoms with E-state index in [2.05, 4.69) is 5.32 Å². The molecule has 2 rings (SSSR count). The average Bonchev–Trinajstić information content (AvgIpc) is 3.07. The summed E-state index contributed by atoms with van der Waals surface area (Å²) in [6.07, 6.45) is 0. The molecular weight excluding hydrogens is 334 g/mol. The number of amides is 2. The van der Waals surface area contributed by atoms with Crippen molar-refractivity contribution in [3.8, 4) is 0 Å².